The molecule has 0 atom stereocenters. The number of rotatable bonds is 5. The van der Waals surface area contributed by atoms with E-state index in [0.717, 1.165) is 24.0 Å². The Morgan fingerprint density at radius 3 is 3.00 bits per heavy atom. The minimum Gasteiger partial charge on any atom is -0.491 e. The van der Waals surface area contributed by atoms with Gasteiger partial charge >= 0.3 is 0 Å². The van der Waals surface area contributed by atoms with E-state index in [1.165, 1.54) is 12.8 Å². The molecule has 3 nitrogen and oxygen atoms in total. The number of nitrogens with zero attached hydrogens (tertiary/aromatic N) is 1. The van der Waals surface area contributed by atoms with Crippen molar-refractivity contribution in [3.8, 4) is 5.75 Å². The fraction of sp³-hybridized carbons (Fsp3) is 0.583. The van der Waals surface area contributed by atoms with Crippen molar-refractivity contribution in [3.63, 3.8) is 0 Å². The predicted octanol–water partition coefficient (Wildman–Crippen LogP) is 2.12. The molecular weight excluding hydrogens is 188 g/mol. The molecule has 1 aliphatic carbocycles. The van der Waals surface area contributed by atoms with Crippen molar-refractivity contribution in [1.82, 2.24) is 10.3 Å². The second-order valence-electron chi connectivity index (χ2n) is 4.30. The van der Waals surface area contributed by atoms with Gasteiger partial charge in [-0.3, -0.25) is 4.98 Å². The lowest BCUT2D eigenvalue weighted by molar-refractivity contribution is 0.242. The van der Waals surface area contributed by atoms with Crippen LogP contribution in [0.4, 0.5) is 0 Å². The summed E-state index contributed by atoms with van der Waals surface area (Å²) in [7, 11) is 0. The average Bonchev–Trinajstić information content (AvgIpc) is 2.97. The summed E-state index contributed by atoms with van der Waals surface area (Å²) in [4.78, 5) is 4.30. The molecule has 0 aliphatic heterocycles. The molecule has 0 saturated heterocycles. The highest BCUT2D eigenvalue weighted by Gasteiger charge is 2.20. The topological polar surface area (TPSA) is 34.1 Å². The number of nitrogens with one attached hydrogen (secondary N) is 1. The SMILES string of the molecule is CC(C)Oc1ccnc(CNC2CC2)c1. The molecule has 2 rings (SSSR count). The van der Waals surface area contributed by atoms with Crippen LogP contribution in [0.3, 0.4) is 0 Å². The van der Waals surface area contributed by atoms with Crippen LogP contribution in [0.5, 0.6) is 5.75 Å². The fourth-order valence-corrected chi connectivity index (χ4v) is 1.43. The first-order chi connectivity index (χ1) is 7.24. The Hall–Kier alpha value is -1.09. The first kappa shape index (κ1) is 10.4. The summed E-state index contributed by atoms with van der Waals surface area (Å²) in [5.74, 6) is 0.910. The van der Waals surface area contributed by atoms with Gasteiger partial charge in [0.05, 0.1) is 11.8 Å². The number of hydrogen-bond donors (Lipinski definition) is 1. The van der Waals surface area contributed by atoms with Crippen molar-refractivity contribution >= 4 is 0 Å². The molecule has 1 aromatic rings. The smallest absolute Gasteiger partial charge is 0.123 e. The van der Waals surface area contributed by atoms with Crippen molar-refractivity contribution in [1.29, 1.82) is 0 Å². The van der Waals surface area contributed by atoms with Crippen molar-refractivity contribution in [2.24, 2.45) is 0 Å². The molecule has 1 fully saturated rings. The fourth-order valence-electron chi connectivity index (χ4n) is 1.43. The maximum Gasteiger partial charge on any atom is 0.123 e. The van der Waals surface area contributed by atoms with E-state index in [9.17, 15) is 0 Å². The largest absolute Gasteiger partial charge is 0.491 e. The van der Waals surface area contributed by atoms with E-state index in [4.69, 9.17) is 4.74 Å². The third-order valence-electron chi connectivity index (χ3n) is 2.31. The normalized spacial score (nSPS) is 15.7. The molecule has 0 aromatic carbocycles. The van der Waals surface area contributed by atoms with Gasteiger partial charge in [0.25, 0.3) is 0 Å². The zero-order chi connectivity index (χ0) is 10.7. The van der Waals surface area contributed by atoms with Gasteiger partial charge in [0.15, 0.2) is 0 Å². The van der Waals surface area contributed by atoms with Crippen LogP contribution in [0.2, 0.25) is 0 Å². The van der Waals surface area contributed by atoms with Crippen LogP contribution in [0.15, 0.2) is 18.3 Å². The summed E-state index contributed by atoms with van der Waals surface area (Å²) < 4.78 is 5.61. The summed E-state index contributed by atoms with van der Waals surface area (Å²) in [6, 6.07) is 4.64. The van der Waals surface area contributed by atoms with Crippen LogP contribution in [0, 0.1) is 0 Å². The van der Waals surface area contributed by atoms with Gasteiger partial charge < -0.3 is 10.1 Å². The summed E-state index contributed by atoms with van der Waals surface area (Å²) in [6.07, 6.45) is 4.64. The molecule has 82 valence electrons. The molecule has 3 heteroatoms. The van der Waals surface area contributed by atoms with Crippen LogP contribution in [-0.4, -0.2) is 17.1 Å². The van der Waals surface area contributed by atoms with Crippen LogP contribution in [0.1, 0.15) is 32.4 Å². The molecule has 0 radical (unpaired) electrons. The van der Waals surface area contributed by atoms with E-state index in [1.807, 2.05) is 32.2 Å². The molecule has 0 amide bonds. The quantitative estimate of drug-likeness (QED) is 0.801. The summed E-state index contributed by atoms with van der Waals surface area (Å²) in [6.45, 7) is 4.91. The summed E-state index contributed by atoms with van der Waals surface area (Å²) in [5, 5.41) is 3.44. The van der Waals surface area contributed by atoms with E-state index in [1.54, 1.807) is 0 Å². The van der Waals surface area contributed by atoms with Gasteiger partial charge in [-0.2, -0.15) is 0 Å². The molecular formula is C12H18N2O. The van der Waals surface area contributed by atoms with E-state index >= 15 is 0 Å². The molecule has 1 heterocycles. The Bertz CT molecular complexity index is 321. The van der Waals surface area contributed by atoms with Crippen molar-refractivity contribution in [2.75, 3.05) is 0 Å². The number of hydrogen-bond acceptors (Lipinski definition) is 3. The van der Waals surface area contributed by atoms with Crippen LogP contribution in [-0.2, 0) is 6.54 Å². The lowest BCUT2D eigenvalue weighted by Crippen LogP contribution is -2.16. The molecule has 1 N–H and O–H groups in total. The van der Waals surface area contributed by atoms with Crippen LogP contribution >= 0.6 is 0 Å². The van der Waals surface area contributed by atoms with Crippen molar-refractivity contribution in [3.05, 3.63) is 24.0 Å². The highest BCUT2D eigenvalue weighted by Crippen LogP contribution is 2.19. The standard InChI is InChI=1S/C12H18N2O/c1-9(2)15-12-5-6-13-11(7-12)8-14-10-3-4-10/h5-7,9-10,14H,3-4,8H2,1-2H3. The Labute approximate surface area is 90.9 Å². The third kappa shape index (κ3) is 3.51. The third-order valence-corrected chi connectivity index (χ3v) is 2.31. The first-order valence-electron chi connectivity index (χ1n) is 5.59. The maximum atomic E-state index is 5.61. The highest BCUT2D eigenvalue weighted by molar-refractivity contribution is 5.22. The Morgan fingerprint density at radius 2 is 2.33 bits per heavy atom. The molecule has 15 heavy (non-hydrogen) atoms. The first-order valence-corrected chi connectivity index (χ1v) is 5.59. The molecule has 0 bridgehead atoms. The van der Waals surface area contributed by atoms with E-state index in [0.29, 0.717) is 0 Å². The number of aromatic nitrogens is 1. The van der Waals surface area contributed by atoms with Gasteiger partial charge in [0.2, 0.25) is 0 Å². The monoisotopic (exact) mass is 206 g/mol. The lowest BCUT2D eigenvalue weighted by Gasteiger charge is -2.10. The lowest BCUT2D eigenvalue weighted by atomic mass is 10.3. The number of pyridine rings is 1. The highest BCUT2D eigenvalue weighted by atomic mass is 16.5. The zero-order valence-electron chi connectivity index (χ0n) is 9.36. The van der Waals surface area contributed by atoms with Gasteiger partial charge in [-0.25, -0.2) is 0 Å². The Kier molecular flexibility index (Phi) is 3.21. The molecule has 1 aliphatic rings. The van der Waals surface area contributed by atoms with Crippen molar-refractivity contribution < 1.29 is 4.74 Å². The van der Waals surface area contributed by atoms with Gasteiger partial charge in [0, 0.05) is 24.8 Å². The van der Waals surface area contributed by atoms with E-state index in [2.05, 4.69) is 10.3 Å². The zero-order valence-corrected chi connectivity index (χ0v) is 9.36. The Morgan fingerprint density at radius 1 is 1.53 bits per heavy atom. The summed E-state index contributed by atoms with van der Waals surface area (Å²) in [5.41, 5.74) is 1.06. The Balaban J connectivity index is 1.91. The van der Waals surface area contributed by atoms with E-state index < -0.39 is 0 Å². The van der Waals surface area contributed by atoms with Gasteiger partial charge in [-0.15, -0.1) is 0 Å². The number of ether oxygens (including phenoxy) is 1. The minimum absolute atomic E-state index is 0.219. The summed E-state index contributed by atoms with van der Waals surface area (Å²) >= 11 is 0. The van der Waals surface area contributed by atoms with Gasteiger partial charge in [0.1, 0.15) is 5.75 Å². The van der Waals surface area contributed by atoms with Crippen LogP contribution < -0.4 is 10.1 Å². The second kappa shape index (κ2) is 4.62. The predicted molar refractivity (Wildman–Crippen MR) is 59.9 cm³/mol. The van der Waals surface area contributed by atoms with Gasteiger partial charge in [-0.05, 0) is 32.8 Å². The van der Waals surface area contributed by atoms with Crippen LogP contribution in [0.25, 0.3) is 0 Å². The van der Waals surface area contributed by atoms with Gasteiger partial charge in [-0.1, -0.05) is 0 Å². The molecule has 1 aromatic heterocycles. The minimum atomic E-state index is 0.219. The molecule has 1 saturated carbocycles. The maximum absolute atomic E-state index is 5.61. The average molecular weight is 206 g/mol. The van der Waals surface area contributed by atoms with Crippen molar-refractivity contribution in [2.45, 2.75) is 45.4 Å². The molecule has 0 unspecified atom stereocenters. The molecule has 0 spiro atoms. The van der Waals surface area contributed by atoms with E-state index in [-0.39, 0.29) is 6.10 Å². The second-order valence-corrected chi connectivity index (χ2v) is 4.30.